The van der Waals surface area contributed by atoms with E-state index >= 15 is 0 Å². The van der Waals surface area contributed by atoms with Crippen LogP contribution in [-0.4, -0.2) is 14.4 Å². The van der Waals surface area contributed by atoms with Crippen molar-refractivity contribution in [3.05, 3.63) is 42.7 Å². The third-order valence-electron chi connectivity index (χ3n) is 1.64. The van der Waals surface area contributed by atoms with E-state index < -0.39 is 26.9 Å². The van der Waals surface area contributed by atoms with E-state index in [9.17, 15) is 25.0 Å². The maximum Gasteiger partial charge on any atom is 0.411 e. The number of hydrogen-bond donors (Lipinski definition) is 0. The van der Waals surface area contributed by atoms with Crippen LogP contribution >= 0.6 is 0 Å². The van der Waals surface area contributed by atoms with Crippen LogP contribution in [-0.2, 0) is 7.05 Å². The first-order valence-electron chi connectivity index (χ1n) is 3.44. The van der Waals surface area contributed by atoms with E-state index in [-0.39, 0.29) is 0 Å². The fraction of sp³-hybridized carbons (Fsp3) is 0.167. The molecule has 8 nitrogen and oxygen atoms in total. The van der Waals surface area contributed by atoms with Gasteiger partial charge in [0.25, 0.3) is 0 Å². The Bertz CT molecular complexity index is 463. The summed E-state index contributed by atoms with van der Waals surface area (Å²) >= 11 is 0. The fourth-order valence-corrected chi connectivity index (χ4v) is 0.935. The van der Waals surface area contributed by atoms with Crippen molar-refractivity contribution in [1.29, 1.82) is 0 Å². The minimum Gasteiger partial charge on any atom is -0.358 e. The second kappa shape index (κ2) is 3.24. The first kappa shape index (κ1) is 9.84. The molecule has 0 radical (unpaired) electrons. The van der Waals surface area contributed by atoms with E-state index in [0.29, 0.717) is 4.57 Å². The van der Waals surface area contributed by atoms with Crippen LogP contribution in [0.1, 0.15) is 0 Å². The molecule has 0 saturated carbocycles. The zero-order valence-corrected chi connectivity index (χ0v) is 7.04. The van der Waals surface area contributed by atoms with Crippen LogP contribution in [0.3, 0.4) is 0 Å². The zero-order valence-electron chi connectivity index (χ0n) is 7.04. The smallest absolute Gasteiger partial charge is 0.358 e. The van der Waals surface area contributed by atoms with Crippen LogP contribution in [0, 0.1) is 20.2 Å². The monoisotopic (exact) mass is 199 g/mol. The summed E-state index contributed by atoms with van der Waals surface area (Å²) in [7, 11) is 1.10. The Labute approximate surface area is 76.7 Å². The van der Waals surface area contributed by atoms with Crippen molar-refractivity contribution in [2.24, 2.45) is 7.05 Å². The van der Waals surface area contributed by atoms with Crippen molar-refractivity contribution in [3.8, 4) is 0 Å². The molecule has 0 atom stereocenters. The molecule has 0 aromatic carbocycles. The van der Waals surface area contributed by atoms with Gasteiger partial charge in [-0.05, 0) is 4.92 Å². The summed E-state index contributed by atoms with van der Waals surface area (Å²) in [6.45, 7) is 0. The zero-order chi connectivity index (χ0) is 10.9. The first-order valence-corrected chi connectivity index (χ1v) is 3.44. The van der Waals surface area contributed by atoms with Gasteiger partial charge in [-0.25, -0.2) is 4.79 Å². The Kier molecular flexibility index (Phi) is 2.28. The average molecular weight is 199 g/mol. The summed E-state index contributed by atoms with van der Waals surface area (Å²) < 4.78 is 0.623. The lowest BCUT2D eigenvalue weighted by Crippen LogP contribution is -2.21. The van der Waals surface area contributed by atoms with Gasteiger partial charge in [0.1, 0.15) is 0 Å². The van der Waals surface area contributed by atoms with Crippen molar-refractivity contribution in [1.82, 2.24) is 4.57 Å². The van der Waals surface area contributed by atoms with Gasteiger partial charge in [0, 0.05) is 12.1 Å². The summed E-state index contributed by atoms with van der Waals surface area (Å²) in [5.74, 6) is -0.486. The summed E-state index contributed by atoms with van der Waals surface area (Å²) in [6, 6.07) is 1.74. The van der Waals surface area contributed by atoms with Crippen LogP contribution < -0.4 is 5.56 Å². The maximum atomic E-state index is 11.2. The number of rotatable bonds is 2. The van der Waals surface area contributed by atoms with Crippen molar-refractivity contribution < 1.29 is 9.85 Å². The molecule has 14 heavy (non-hydrogen) atoms. The molecule has 0 N–H and O–H groups in total. The van der Waals surface area contributed by atoms with Crippen LogP contribution in [0.25, 0.3) is 0 Å². The molecule has 1 heterocycles. The molecule has 74 valence electrons. The van der Waals surface area contributed by atoms with E-state index in [0.717, 1.165) is 19.2 Å². The maximum absolute atomic E-state index is 11.2. The van der Waals surface area contributed by atoms with Gasteiger partial charge < -0.3 is 10.1 Å². The van der Waals surface area contributed by atoms with E-state index in [4.69, 9.17) is 0 Å². The second-order valence-corrected chi connectivity index (χ2v) is 2.46. The predicted molar refractivity (Wildman–Crippen MR) is 45.0 cm³/mol. The molecule has 0 amide bonds. The Balaban J connectivity index is 3.49. The third-order valence-corrected chi connectivity index (χ3v) is 1.64. The summed E-state index contributed by atoms with van der Waals surface area (Å²) in [6.07, 6.45) is 0. The van der Waals surface area contributed by atoms with Crippen LogP contribution in [0.2, 0.25) is 0 Å². The number of nitrogens with zero attached hydrogens (tertiary/aromatic N) is 3. The highest BCUT2D eigenvalue weighted by molar-refractivity contribution is 5.33. The van der Waals surface area contributed by atoms with Gasteiger partial charge in [-0.2, -0.15) is 4.57 Å². The Morgan fingerprint density at radius 2 is 1.79 bits per heavy atom. The van der Waals surface area contributed by atoms with Crippen LogP contribution in [0.5, 0.6) is 0 Å². The highest BCUT2D eigenvalue weighted by atomic mass is 16.6. The SMILES string of the molecule is Cn1c([N+](=O)[O-])ccc([N+](=O)[O-])c1=O. The van der Waals surface area contributed by atoms with E-state index in [1.165, 1.54) is 0 Å². The largest absolute Gasteiger partial charge is 0.411 e. The Morgan fingerprint density at radius 3 is 2.21 bits per heavy atom. The average Bonchev–Trinajstić information content (AvgIpc) is 2.08. The molecule has 0 bridgehead atoms. The van der Waals surface area contributed by atoms with Gasteiger partial charge in [-0.15, -0.1) is 0 Å². The molecule has 0 unspecified atom stereocenters. The molecular weight excluding hydrogens is 194 g/mol. The lowest BCUT2D eigenvalue weighted by molar-refractivity contribution is -0.396. The molecule has 1 aromatic rings. The second-order valence-electron chi connectivity index (χ2n) is 2.46. The van der Waals surface area contributed by atoms with Gasteiger partial charge in [0.05, 0.1) is 12.0 Å². The highest BCUT2D eigenvalue weighted by Crippen LogP contribution is 2.11. The van der Waals surface area contributed by atoms with Gasteiger partial charge in [-0.1, -0.05) is 0 Å². The van der Waals surface area contributed by atoms with Gasteiger partial charge in [-0.3, -0.25) is 10.1 Å². The molecule has 0 aliphatic heterocycles. The van der Waals surface area contributed by atoms with E-state index in [2.05, 4.69) is 0 Å². The van der Waals surface area contributed by atoms with Gasteiger partial charge in [0.2, 0.25) is 0 Å². The van der Waals surface area contributed by atoms with Gasteiger partial charge >= 0.3 is 17.1 Å². The van der Waals surface area contributed by atoms with Crippen LogP contribution in [0.15, 0.2) is 16.9 Å². The first-order chi connectivity index (χ1) is 6.45. The minimum absolute atomic E-state index is 0.486. The predicted octanol–water partition coefficient (Wildman–Crippen LogP) is 0.202. The fourth-order valence-electron chi connectivity index (χ4n) is 0.935. The Morgan fingerprint density at radius 1 is 1.21 bits per heavy atom. The van der Waals surface area contributed by atoms with Gasteiger partial charge in [0.15, 0.2) is 0 Å². The lowest BCUT2D eigenvalue weighted by Gasteiger charge is -1.98. The lowest BCUT2D eigenvalue weighted by atomic mass is 10.4. The third kappa shape index (κ3) is 1.44. The summed E-state index contributed by atoms with van der Waals surface area (Å²) in [5, 5.41) is 20.6. The number of aromatic nitrogens is 1. The molecule has 1 aromatic heterocycles. The number of hydrogen-bond acceptors (Lipinski definition) is 5. The van der Waals surface area contributed by atoms with E-state index in [1.807, 2.05) is 0 Å². The summed E-state index contributed by atoms with van der Waals surface area (Å²) in [4.78, 5) is 30.1. The highest BCUT2D eigenvalue weighted by Gasteiger charge is 2.21. The molecule has 1 rings (SSSR count). The standard InChI is InChI=1S/C6H5N3O5/c1-7-5(9(13)14)3-2-4(6(7)10)8(11)12/h2-3H,1H3. The molecule has 0 aliphatic carbocycles. The molecule has 0 fully saturated rings. The normalized spacial score (nSPS) is 9.79. The topological polar surface area (TPSA) is 108 Å². The molecule has 0 aliphatic rings. The number of nitro groups is 2. The van der Waals surface area contributed by atoms with Crippen molar-refractivity contribution in [2.45, 2.75) is 0 Å². The number of pyridine rings is 1. The molecular formula is C6H5N3O5. The minimum atomic E-state index is -0.996. The molecule has 8 heteroatoms. The van der Waals surface area contributed by atoms with Crippen molar-refractivity contribution in [3.63, 3.8) is 0 Å². The van der Waals surface area contributed by atoms with Crippen LogP contribution in [0.4, 0.5) is 11.5 Å². The summed E-state index contributed by atoms with van der Waals surface area (Å²) in [5.41, 5.74) is -1.68. The molecule has 0 saturated heterocycles. The molecule has 0 spiro atoms. The quantitative estimate of drug-likeness (QED) is 0.499. The Hall–Kier alpha value is -2.25. The van der Waals surface area contributed by atoms with E-state index in [1.54, 1.807) is 0 Å². The van der Waals surface area contributed by atoms with Crippen molar-refractivity contribution in [2.75, 3.05) is 0 Å². The van der Waals surface area contributed by atoms with Crippen molar-refractivity contribution >= 4 is 11.5 Å².